The lowest BCUT2D eigenvalue weighted by Crippen LogP contribution is -2.32. The fourth-order valence-electron chi connectivity index (χ4n) is 3.73. The molecule has 1 aromatic heterocycles. The first-order chi connectivity index (χ1) is 13.1. The maximum Gasteiger partial charge on any atom is 0.332 e. The Bertz CT molecular complexity index is 861. The van der Waals surface area contributed by atoms with Gasteiger partial charge < -0.3 is 9.67 Å². The highest BCUT2D eigenvalue weighted by Crippen LogP contribution is 2.27. The molecule has 0 radical (unpaired) electrons. The van der Waals surface area contributed by atoms with Crippen LogP contribution in [0.25, 0.3) is 5.57 Å². The van der Waals surface area contributed by atoms with Gasteiger partial charge in [0.05, 0.1) is 0 Å². The molecule has 3 rings (SSSR count). The molecule has 0 saturated carbocycles. The number of carboxylic acid groups (broad SMARTS) is 1. The lowest BCUT2D eigenvalue weighted by Gasteiger charge is -2.25. The van der Waals surface area contributed by atoms with Crippen LogP contribution >= 0.6 is 0 Å². The van der Waals surface area contributed by atoms with Crippen molar-refractivity contribution in [3.8, 4) is 0 Å². The summed E-state index contributed by atoms with van der Waals surface area (Å²) in [4.78, 5) is 13.5. The van der Waals surface area contributed by atoms with Crippen LogP contribution in [0.3, 0.4) is 0 Å². The van der Waals surface area contributed by atoms with Gasteiger partial charge in [-0.1, -0.05) is 43.3 Å². The first kappa shape index (κ1) is 19.2. The predicted molar refractivity (Wildman–Crippen MR) is 110 cm³/mol. The van der Waals surface area contributed by atoms with Crippen LogP contribution in [0.5, 0.6) is 0 Å². The molecule has 0 saturated heterocycles. The standard InChI is InChI=1S/C23H28N2O2/c1-3-18-9-4-5-11-20(18)21(22-13-8-14-24(22)2)12-7-16-25-15-6-10-19(17-25)23(26)27/h4-5,8-14H,3,6-7,15-17H2,1-2H3,(H,26,27). The smallest absolute Gasteiger partial charge is 0.332 e. The fraction of sp³-hybridized carbons (Fsp3) is 0.348. The highest BCUT2D eigenvalue weighted by molar-refractivity contribution is 5.87. The number of carboxylic acids is 1. The van der Waals surface area contributed by atoms with Crippen molar-refractivity contribution < 1.29 is 9.90 Å². The van der Waals surface area contributed by atoms with Crippen LogP contribution in [0, 0.1) is 0 Å². The van der Waals surface area contributed by atoms with Gasteiger partial charge in [-0.2, -0.15) is 0 Å². The Balaban J connectivity index is 1.81. The Morgan fingerprint density at radius 1 is 1.22 bits per heavy atom. The second-order valence-corrected chi connectivity index (χ2v) is 7.02. The van der Waals surface area contributed by atoms with Crippen molar-refractivity contribution in [1.29, 1.82) is 0 Å². The second-order valence-electron chi connectivity index (χ2n) is 7.02. The van der Waals surface area contributed by atoms with Crippen molar-refractivity contribution in [2.45, 2.75) is 26.2 Å². The molecule has 0 atom stereocenters. The minimum atomic E-state index is -0.795. The van der Waals surface area contributed by atoms with Gasteiger partial charge >= 0.3 is 5.97 Å². The first-order valence-electron chi connectivity index (χ1n) is 9.65. The maximum atomic E-state index is 11.2. The van der Waals surface area contributed by atoms with Gasteiger partial charge in [-0.15, -0.1) is 0 Å². The van der Waals surface area contributed by atoms with Crippen LogP contribution < -0.4 is 0 Å². The molecule has 0 spiro atoms. The largest absolute Gasteiger partial charge is 0.478 e. The number of aryl methyl sites for hydroxylation is 2. The summed E-state index contributed by atoms with van der Waals surface area (Å²) in [7, 11) is 2.08. The van der Waals surface area contributed by atoms with Crippen molar-refractivity contribution in [2.24, 2.45) is 7.05 Å². The molecule has 2 heterocycles. The average Bonchev–Trinajstić information content (AvgIpc) is 3.11. The second kappa shape index (κ2) is 8.87. The van der Waals surface area contributed by atoms with Gasteiger partial charge in [-0.3, -0.25) is 4.90 Å². The van der Waals surface area contributed by atoms with E-state index in [1.54, 1.807) is 0 Å². The highest BCUT2D eigenvalue weighted by atomic mass is 16.4. The third-order valence-electron chi connectivity index (χ3n) is 5.21. The molecular weight excluding hydrogens is 336 g/mol. The zero-order chi connectivity index (χ0) is 19.2. The molecular formula is C23H28N2O2. The lowest BCUT2D eigenvalue weighted by molar-refractivity contribution is -0.133. The average molecular weight is 364 g/mol. The molecule has 0 fully saturated rings. The third-order valence-corrected chi connectivity index (χ3v) is 5.21. The van der Waals surface area contributed by atoms with E-state index in [9.17, 15) is 9.90 Å². The number of nitrogens with zero attached hydrogens (tertiary/aromatic N) is 2. The van der Waals surface area contributed by atoms with Crippen LogP contribution in [0.4, 0.5) is 0 Å². The van der Waals surface area contributed by atoms with Crippen molar-refractivity contribution in [3.05, 3.63) is 77.1 Å². The van der Waals surface area contributed by atoms with E-state index in [4.69, 9.17) is 0 Å². The van der Waals surface area contributed by atoms with Crippen molar-refractivity contribution >= 4 is 11.5 Å². The summed E-state index contributed by atoms with van der Waals surface area (Å²) in [5, 5.41) is 9.22. The van der Waals surface area contributed by atoms with Gasteiger partial charge in [0.1, 0.15) is 0 Å². The zero-order valence-electron chi connectivity index (χ0n) is 16.2. The molecule has 4 nitrogen and oxygen atoms in total. The molecule has 1 N–H and O–H groups in total. The van der Waals surface area contributed by atoms with Gasteiger partial charge in [-0.05, 0) is 42.5 Å². The number of benzene rings is 1. The zero-order valence-corrected chi connectivity index (χ0v) is 16.2. The summed E-state index contributed by atoms with van der Waals surface area (Å²) in [6.07, 6.45) is 8.94. The van der Waals surface area contributed by atoms with E-state index in [0.29, 0.717) is 12.1 Å². The van der Waals surface area contributed by atoms with E-state index in [0.717, 1.165) is 32.4 Å². The maximum absolute atomic E-state index is 11.2. The van der Waals surface area contributed by atoms with Crippen molar-refractivity contribution in [1.82, 2.24) is 9.47 Å². The molecule has 1 aliphatic heterocycles. The molecule has 142 valence electrons. The number of hydrogen-bond donors (Lipinski definition) is 1. The Morgan fingerprint density at radius 2 is 2.04 bits per heavy atom. The molecule has 27 heavy (non-hydrogen) atoms. The number of aromatic nitrogens is 1. The SMILES string of the molecule is CCc1ccccc1C(=CCCN1CCC=C(C(=O)O)C1)c1cccn1C. The Morgan fingerprint density at radius 3 is 2.74 bits per heavy atom. The van der Waals surface area contributed by atoms with Gasteiger partial charge in [0.25, 0.3) is 0 Å². The highest BCUT2D eigenvalue weighted by Gasteiger charge is 2.17. The normalized spacial score (nSPS) is 15.6. The van der Waals surface area contributed by atoms with E-state index in [1.165, 1.54) is 22.4 Å². The van der Waals surface area contributed by atoms with Crippen molar-refractivity contribution in [2.75, 3.05) is 19.6 Å². The van der Waals surface area contributed by atoms with Crippen LogP contribution in [0.2, 0.25) is 0 Å². The third kappa shape index (κ3) is 4.58. The van der Waals surface area contributed by atoms with E-state index in [1.807, 2.05) is 6.08 Å². The van der Waals surface area contributed by atoms with E-state index in [-0.39, 0.29) is 0 Å². The fourth-order valence-corrected chi connectivity index (χ4v) is 3.73. The van der Waals surface area contributed by atoms with Gasteiger partial charge in [0.2, 0.25) is 0 Å². The minimum Gasteiger partial charge on any atom is -0.478 e. The summed E-state index contributed by atoms with van der Waals surface area (Å²) >= 11 is 0. The lowest BCUT2D eigenvalue weighted by atomic mass is 9.95. The Hall–Kier alpha value is -2.59. The summed E-state index contributed by atoms with van der Waals surface area (Å²) in [5.74, 6) is -0.795. The minimum absolute atomic E-state index is 0.518. The molecule has 0 bridgehead atoms. The molecule has 1 aromatic carbocycles. The quantitative estimate of drug-likeness (QED) is 0.804. The summed E-state index contributed by atoms with van der Waals surface area (Å²) in [6, 6.07) is 12.8. The topological polar surface area (TPSA) is 45.5 Å². The van der Waals surface area contributed by atoms with Crippen LogP contribution in [-0.4, -0.2) is 40.2 Å². The molecule has 0 unspecified atom stereocenters. The number of rotatable bonds is 7. The molecule has 0 amide bonds. The summed E-state index contributed by atoms with van der Waals surface area (Å²) in [6.45, 7) is 4.52. The number of carbonyl (C=O) groups is 1. The van der Waals surface area contributed by atoms with E-state index < -0.39 is 5.97 Å². The van der Waals surface area contributed by atoms with E-state index in [2.05, 4.69) is 72.1 Å². The van der Waals surface area contributed by atoms with Gasteiger partial charge in [-0.25, -0.2) is 4.79 Å². The van der Waals surface area contributed by atoms with Gasteiger partial charge in [0.15, 0.2) is 0 Å². The molecule has 4 heteroatoms. The van der Waals surface area contributed by atoms with Gasteiger partial charge in [0, 0.05) is 49.7 Å². The Labute approximate surface area is 161 Å². The van der Waals surface area contributed by atoms with Crippen LogP contribution in [-0.2, 0) is 18.3 Å². The van der Waals surface area contributed by atoms with E-state index >= 15 is 0 Å². The van der Waals surface area contributed by atoms with Crippen LogP contribution in [0.15, 0.2) is 60.3 Å². The molecule has 2 aromatic rings. The van der Waals surface area contributed by atoms with Crippen molar-refractivity contribution in [3.63, 3.8) is 0 Å². The Kier molecular flexibility index (Phi) is 6.30. The monoisotopic (exact) mass is 364 g/mol. The summed E-state index contributed by atoms with van der Waals surface area (Å²) in [5.41, 5.74) is 5.61. The van der Waals surface area contributed by atoms with Crippen LogP contribution in [0.1, 0.15) is 36.6 Å². The summed E-state index contributed by atoms with van der Waals surface area (Å²) < 4.78 is 2.16. The number of hydrogen-bond acceptors (Lipinski definition) is 2. The molecule has 0 aliphatic carbocycles. The first-order valence-corrected chi connectivity index (χ1v) is 9.65. The molecule has 1 aliphatic rings. The predicted octanol–water partition coefficient (Wildman–Crippen LogP) is 4.13. The number of aliphatic carboxylic acids is 1.